The zero-order valence-electron chi connectivity index (χ0n) is 17.0. The first-order valence-corrected chi connectivity index (χ1v) is 10.3. The van der Waals surface area contributed by atoms with Crippen molar-refractivity contribution in [1.29, 1.82) is 0 Å². The van der Waals surface area contributed by atoms with Crippen LogP contribution in [0.5, 0.6) is 0 Å². The van der Waals surface area contributed by atoms with Gasteiger partial charge in [-0.1, -0.05) is 0 Å². The summed E-state index contributed by atoms with van der Waals surface area (Å²) in [6, 6.07) is 2.29. The average molecular weight is 397 g/mol. The summed E-state index contributed by atoms with van der Waals surface area (Å²) in [4.78, 5) is 24.7. The molecule has 2 aliphatic carbocycles. The van der Waals surface area contributed by atoms with Crippen molar-refractivity contribution in [2.45, 2.75) is 64.3 Å². The summed E-state index contributed by atoms with van der Waals surface area (Å²) in [6.45, 7) is 5.82. The van der Waals surface area contributed by atoms with Crippen LogP contribution in [0.2, 0.25) is 0 Å². The maximum Gasteiger partial charge on any atom is 0.408 e. The number of aromatic amines is 1. The first-order valence-electron chi connectivity index (χ1n) is 10.3. The first-order chi connectivity index (χ1) is 13.8. The number of nitrogens with one attached hydrogen (secondary N) is 2. The van der Waals surface area contributed by atoms with E-state index in [0.717, 1.165) is 47.2 Å². The molecular formula is C21H27N5O3. The van der Waals surface area contributed by atoms with Crippen LogP contribution in [0.3, 0.4) is 0 Å². The summed E-state index contributed by atoms with van der Waals surface area (Å²) in [5, 5.41) is 14.1. The van der Waals surface area contributed by atoms with E-state index in [1.54, 1.807) is 6.20 Å². The smallest absolute Gasteiger partial charge is 0.408 e. The Morgan fingerprint density at radius 1 is 1.34 bits per heavy atom. The summed E-state index contributed by atoms with van der Waals surface area (Å²) in [7, 11) is 0. The summed E-state index contributed by atoms with van der Waals surface area (Å²) < 4.78 is 7.66. The third-order valence-electron chi connectivity index (χ3n) is 6.21. The fourth-order valence-corrected chi connectivity index (χ4v) is 5.12. The molecule has 8 nitrogen and oxygen atoms in total. The van der Waals surface area contributed by atoms with Crippen molar-refractivity contribution in [3.05, 3.63) is 24.3 Å². The van der Waals surface area contributed by atoms with Crippen LogP contribution in [0.1, 0.15) is 51.9 Å². The van der Waals surface area contributed by atoms with Crippen molar-refractivity contribution in [3.63, 3.8) is 0 Å². The van der Waals surface area contributed by atoms with Crippen LogP contribution in [0.25, 0.3) is 22.1 Å². The quantitative estimate of drug-likeness (QED) is 0.629. The highest BCUT2D eigenvalue weighted by molar-refractivity contribution is 6.01. The van der Waals surface area contributed by atoms with Crippen molar-refractivity contribution in [3.8, 4) is 0 Å². The van der Waals surface area contributed by atoms with E-state index < -0.39 is 11.7 Å². The molecule has 8 heteroatoms. The van der Waals surface area contributed by atoms with Gasteiger partial charge in [-0.3, -0.25) is 0 Å². The Kier molecular flexibility index (Phi) is 4.10. The molecule has 0 aliphatic heterocycles. The molecule has 154 valence electrons. The largest absolute Gasteiger partial charge is 0.444 e. The van der Waals surface area contributed by atoms with Gasteiger partial charge in [0.25, 0.3) is 0 Å². The zero-order valence-corrected chi connectivity index (χ0v) is 17.0. The number of rotatable bonds is 3. The molecule has 4 atom stereocenters. The number of carbonyl (C=O) groups is 1. The van der Waals surface area contributed by atoms with Crippen LogP contribution < -0.4 is 5.32 Å². The molecule has 5 rings (SSSR count). The maximum atomic E-state index is 12.2. The average Bonchev–Trinajstić information content (AvgIpc) is 3.38. The van der Waals surface area contributed by atoms with Crippen LogP contribution in [-0.4, -0.2) is 42.4 Å². The van der Waals surface area contributed by atoms with Crippen LogP contribution >= 0.6 is 0 Å². The van der Waals surface area contributed by atoms with E-state index in [1.807, 2.05) is 33.0 Å². The Balaban J connectivity index is 1.54. The fourth-order valence-electron chi connectivity index (χ4n) is 5.12. The highest BCUT2D eigenvalue weighted by atomic mass is 16.6. The van der Waals surface area contributed by atoms with Crippen molar-refractivity contribution >= 4 is 28.2 Å². The number of hydrogen-bond donors (Lipinski definition) is 3. The molecule has 2 bridgehead atoms. The van der Waals surface area contributed by atoms with Crippen LogP contribution in [0, 0.1) is 11.8 Å². The number of ether oxygens (including phenoxy) is 1. The summed E-state index contributed by atoms with van der Waals surface area (Å²) in [6.07, 6.45) is 5.83. The molecule has 3 N–H and O–H groups in total. The highest BCUT2D eigenvalue weighted by Gasteiger charge is 2.47. The molecule has 29 heavy (non-hydrogen) atoms. The van der Waals surface area contributed by atoms with Crippen molar-refractivity contribution in [2.24, 2.45) is 11.8 Å². The Hall–Kier alpha value is -2.61. The lowest BCUT2D eigenvalue weighted by atomic mass is 9.92. The van der Waals surface area contributed by atoms with E-state index in [4.69, 9.17) is 9.72 Å². The third kappa shape index (κ3) is 3.15. The number of carbonyl (C=O) groups excluding carboxylic acids is 1. The molecule has 3 aromatic rings. The summed E-state index contributed by atoms with van der Waals surface area (Å²) in [5.74, 6) is 1.57. The second-order valence-corrected chi connectivity index (χ2v) is 9.35. The van der Waals surface area contributed by atoms with Gasteiger partial charge in [0.15, 0.2) is 0 Å². The molecule has 3 aromatic heterocycles. The minimum Gasteiger partial charge on any atom is -0.444 e. The van der Waals surface area contributed by atoms with Crippen LogP contribution in [0.15, 0.2) is 18.5 Å². The molecule has 0 radical (unpaired) electrons. The normalized spacial score (nSPS) is 26.5. The number of fused-ring (bicyclic) bond motifs is 5. The molecule has 2 saturated carbocycles. The van der Waals surface area contributed by atoms with Crippen molar-refractivity contribution in [1.82, 2.24) is 24.8 Å². The number of aromatic nitrogens is 4. The second kappa shape index (κ2) is 6.45. The lowest BCUT2D eigenvalue weighted by Crippen LogP contribution is -2.33. The molecule has 3 heterocycles. The molecule has 0 saturated heterocycles. The SMILES string of the molecule is CC(C)(C)OC(=O)NCc1nc2cnc3[nH]ccc3c2n1C1CC2CC1CC2O. The molecule has 0 spiro atoms. The van der Waals surface area contributed by atoms with Gasteiger partial charge >= 0.3 is 6.09 Å². The number of imidazole rings is 1. The summed E-state index contributed by atoms with van der Waals surface area (Å²) in [5.41, 5.74) is 2.14. The number of nitrogens with zero attached hydrogens (tertiary/aromatic N) is 3. The minimum atomic E-state index is -0.549. The van der Waals surface area contributed by atoms with Gasteiger partial charge in [-0.05, 0) is 57.9 Å². The molecule has 1 amide bonds. The molecule has 2 aliphatic rings. The standard InChI is InChI=1S/C21H27N5O3/c1-21(2,3)29-20(28)24-10-17-25-14-9-23-19-13(4-5-22-19)18(14)26(17)15-7-12-6-11(15)8-16(12)27/h4-5,9,11-12,15-16,27H,6-8,10H2,1-3H3,(H,22,23)(H,24,28). The van der Waals surface area contributed by atoms with Gasteiger partial charge < -0.3 is 24.7 Å². The number of aliphatic hydroxyl groups excluding tert-OH is 1. The van der Waals surface area contributed by atoms with Gasteiger partial charge in [0.05, 0.1) is 24.4 Å². The van der Waals surface area contributed by atoms with E-state index in [2.05, 4.69) is 19.9 Å². The zero-order chi connectivity index (χ0) is 20.3. The Morgan fingerprint density at radius 3 is 2.86 bits per heavy atom. The van der Waals surface area contributed by atoms with E-state index in [-0.39, 0.29) is 18.7 Å². The second-order valence-electron chi connectivity index (χ2n) is 9.35. The van der Waals surface area contributed by atoms with Crippen molar-refractivity contribution in [2.75, 3.05) is 0 Å². The maximum absolute atomic E-state index is 12.2. The van der Waals surface area contributed by atoms with E-state index in [0.29, 0.717) is 11.8 Å². The van der Waals surface area contributed by atoms with Gasteiger partial charge in [0, 0.05) is 17.6 Å². The Bertz CT molecular complexity index is 1080. The lowest BCUT2D eigenvalue weighted by Gasteiger charge is -2.28. The summed E-state index contributed by atoms with van der Waals surface area (Å²) >= 11 is 0. The third-order valence-corrected chi connectivity index (χ3v) is 6.21. The minimum absolute atomic E-state index is 0.191. The van der Waals surface area contributed by atoms with Gasteiger partial charge in [-0.15, -0.1) is 0 Å². The van der Waals surface area contributed by atoms with Crippen LogP contribution in [0.4, 0.5) is 4.79 Å². The van der Waals surface area contributed by atoms with Crippen LogP contribution in [-0.2, 0) is 11.3 Å². The molecule has 2 fully saturated rings. The number of pyridine rings is 1. The van der Waals surface area contributed by atoms with E-state index in [1.165, 1.54) is 0 Å². The number of hydrogen-bond acceptors (Lipinski definition) is 5. The fraction of sp³-hybridized carbons (Fsp3) is 0.571. The first kappa shape index (κ1) is 18.4. The Morgan fingerprint density at radius 2 is 2.17 bits per heavy atom. The van der Waals surface area contributed by atoms with Gasteiger partial charge in [-0.2, -0.15) is 0 Å². The monoisotopic (exact) mass is 397 g/mol. The van der Waals surface area contributed by atoms with Gasteiger partial charge in [0.1, 0.15) is 22.6 Å². The van der Waals surface area contributed by atoms with Gasteiger partial charge in [-0.25, -0.2) is 14.8 Å². The number of aliphatic hydroxyl groups is 1. The molecule has 4 unspecified atom stereocenters. The molecule has 0 aromatic carbocycles. The predicted molar refractivity (Wildman–Crippen MR) is 108 cm³/mol. The number of H-pyrrole nitrogens is 1. The van der Waals surface area contributed by atoms with E-state index in [9.17, 15) is 9.90 Å². The highest BCUT2D eigenvalue weighted by Crippen LogP contribution is 2.52. The molecular weight excluding hydrogens is 370 g/mol. The van der Waals surface area contributed by atoms with E-state index >= 15 is 0 Å². The Labute approximate surface area is 168 Å². The lowest BCUT2D eigenvalue weighted by molar-refractivity contribution is 0.0521. The van der Waals surface area contributed by atoms with Crippen molar-refractivity contribution < 1.29 is 14.6 Å². The topological polar surface area (TPSA) is 105 Å². The number of alkyl carbamates (subject to hydrolysis) is 1. The van der Waals surface area contributed by atoms with Gasteiger partial charge in [0.2, 0.25) is 0 Å². The predicted octanol–water partition coefficient (Wildman–Crippen LogP) is 3.27. The number of amides is 1.